The topological polar surface area (TPSA) is 88.4 Å². The maximum absolute atomic E-state index is 13.1. The highest BCUT2D eigenvalue weighted by molar-refractivity contribution is 6.32. The van der Waals surface area contributed by atoms with Gasteiger partial charge in [0.25, 0.3) is 5.91 Å². The van der Waals surface area contributed by atoms with Crippen LogP contribution in [0.5, 0.6) is 5.75 Å². The van der Waals surface area contributed by atoms with Gasteiger partial charge in [-0.2, -0.15) is 5.26 Å². The third-order valence-electron chi connectivity index (χ3n) is 5.13. The molecule has 0 aromatic heterocycles. The highest BCUT2D eigenvalue weighted by atomic mass is 35.5. The lowest BCUT2D eigenvalue weighted by molar-refractivity contribution is -0.118. The molecule has 0 radical (unpaired) electrons. The van der Waals surface area contributed by atoms with Crippen LogP contribution in [-0.2, 0) is 16.0 Å². The van der Waals surface area contributed by atoms with E-state index in [2.05, 4.69) is 5.32 Å². The van der Waals surface area contributed by atoms with Crippen molar-refractivity contribution < 1.29 is 19.1 Å². The Morgan fingerprint density at radius 2 is 1.85 bits per heavy atom. The lowest BCUT2D eigenvalue weighted by atomic mass is 10.0. The van der Waals surface area contributed by atoms with Gasteiger partial charge in [-0.3, -0.25) is 9.59 Å². The summed E-state index contributed by atoms with van der Waals surface area (Å²) < 4.78 is 10.8. The minimum absolute atomic E-state index is 0.157. The molecule has 0 aliphatic rings. The van der Waals surface area contributed by atoms with Gasteiger partial charge >= 0.3 is 0 Å². The molecule has 6 nitrogen and oxygen atoms in total. The van der Waals surface area contributed by atoms with Crippen LogP contribution in [0.1, 0.15) is 32.6 Å². The van der Waals surface area contributed by atoms with Crippen LogP contribution in [0, 0.1) is 18.3 Å². The van der Waals surface area contributed by atoms with E-state index in [4.69, 9.17) is 37.9 Å². The van der Waals surface area contributed by atoms with E-state index in [1.165, 1.54) is 30.3 Å². The highest BCUT2D eigenvalue weighted by Crippen LogP contribution is 2.27. The number of nitrogens with zero attached hydrogens (tertiary/aromatic N) is 1. The maximum Gasteiger partial charge on any atom is 0.262 e. The number of rotatable bonds is 9. The summed E-state index contributed by atoms with van der Waals surface area (Å²) in [6.45, 7) is 2.19. The molecule has 0 aliphatic heterocycles. The Bertz CT molecular complexity index is 1270. The molecule has 0 heterocycles. The second kappa shape index (κ2) is 11.7. The standard InChI is InChI=1S/C26H22Cl2N2O4/c1-16-18(8-9-33-2)4-3-5-23(16)30-25(31)15-34-24-7-6-20(27)13-22(24)26(32)19-10-17(14-29)11-21(28)12-19/h3-7,10-13H,8-9,15H2,1-2H3,(H,30,31). The van der Waals surface area contributed by atoms with Crippen LogP contribution in [0.25, 0.3) is 0 Å². The number of methoxy groups -OCH3 is 1. The summed E-state index contributed by atoms with van der Waals surface area (Å²) >= 11 is 12.1. The highest BCUT2D eigenvalue weighted by Gasteiger charge is 2.18. The predicted molar refractivity (Wildman–Crippen MR) is 132 cm³/mol. The molecule has 174 valence electrons. The quantitative estimate of drug-likeness (QED) is 0.388. The smallest absolute Gasteiger partial charge is 0.262 e. The van der Waals surface area contributed by atoms with Crippen molar-refractivity contribution in [2.45, 2.75) is 13.3 Å². The molecular formula is C26H22Cl2N2O4. The average molecular weight is 497 g/mol. The van der Waals surface area contributed by atoms with Gasteiger partial charge in [-0.1, -0.05) is 35.3 Å². The molecule has 0 bridgehead atoms. The monoisotopic (exact) mass is 496 g/mol. The number of hydrogen-bond donors (Lipinski definition) is 1. The molecule has 0 spiro atoms. The van der Waals surface area contributed by atoms with Crippen molar-refractivity contribution >= 4 is 40.6 Å². The van der Waals surface area contributed by atoms with Gasteiger partial charge in [-0.25, -0.2) is 0 Å². The van der Waals surface area contributed by atoms with Gasteiger partial charge in [0.15, 0.2) is 12.4 Å². The molecule has 1 amide bonds. The summed E-state index contributed by atoms with van der Waals surface area (Å²) in [5.41, 5.74) is 3.32. The largest absolute Gasteiger partial charge is 0.483 e. The number of ether oxygens (including phenoxy) is 2. The van der Waals surface area contributed by atoms with E-state index in [1.54, 1.807) is 13.2 Å². The van der Waals surface area contributed by atoms with Crippen LogP contribution in [0.2, 0.25) is 10.0 Å². The number of hydrogen-bond acceptors (Lipinski definition) is 5. The number of ketones is 1. The van der Waals surface area contributed by atoms with Crippen molar-refractivity contribution in [2.24, 2.45) is 0 Å². The number of nitrogens with one attached hydrogen (secondary N) is 1. The molecule has 0 unspecified atom stereocenters. The fourth-order valence-electron chi connectivity index (χ4n) is 3.38. The van der Waals surface area contributed by atoms with Crippen molar-refractivity contribution in [3.05, 3.63) is 92.5 Å². The van der Waals surface area contributed by atoms with Crippen LogP contribution < -0.4 is 10.1 Å². The Morgan fingerprint density at radius 3 is 2.59 bits per heavy atom. The summed E-state index contributed by atoms with van der Waals surface area (Å²) in [4.78, 5) is 25.7. The molecule has 0 fully saturated rings. The van der Waals surface area contributed by atoms with Gasteiger partial charge < -0.3 is 14.8 Å². The van der Waals surface area contributed by atoms with E-state index in [1.807, 2.05) is 31.2 Å². The molecule has 1 N–H and O–H groups in total. The zero-order chi connectivity index (χ0) is 24.7. The Kier molecular flexibility index (Phi) is 8.67. The van der Waals surface area contributed by atoms with E-state index in [0.29, 0.717) is 17.3 Å². The van der Waals surface area contributed by atoms with Crippen molar-refractivity contribution in [3.8, 4) is 11.8 Å². The SMILES string of the molecule is COCCc1cccc(NC(=O)COc2ccc(Cl)cc2C(=O)c2cc(Cl)cc(C#N)c2)c1C. The maximum atomic E-state index is 13.1. The minimum atomic E-state index is -0.432. The first kappa shape index (κ1) is 25.3. The average Bonchev–Trinajstić information content (AvgIpc) is 2.82. The zero-order valence-electron chi connectivity index (χ0n) is 18.7. The van der Waals surface area contributed by atoms with Gasteiger partial charge in [-0.05, 0) is 66.9 Å². The van der Waals surface area contributed by atoms with E-state index in [0.717, 1.165) is 17.5 Å². The zero-order valence-corrected chi connectivity index (χ0v) is 20.2. The van der Waals surface area contributed by atoms with Crippen molar-refractivity contribution in [1.82, 2.24) is 0 Å². The Hall–Kier alpha value is -3.37. The molecule has 3 aromatic carbocycles. The van der Waals surface area contributed by atoms with Crippen molar-refractivity contribution in [2.75, 3.05) is 25.6 Å². The normalized spacial score (nSPS) is 10.4. The molecule has 0 aliphatic carbocycles. The molecule has 34 heavy (non-hydrogen) atoms. The summed E-state index contributed by atoms with van der Waals surface area (Å²) in [6, 6.07) is 16.5. The van der Waals surface area contributed by atoms with Crippen molar-refractivity contribution in [1.29, 1.82) is 5.26 Å². The third kappa shape index (κ3) is 6.36. The van der Waals surface area contributed by atoms with Gasteiger partial charge in [0, 0.05) is 28.4 Å². The number of amides is 1. The lowest BCUT2D eigenvalue weighted by Crippen LogP contribution is -2.21. The second-order valence-electron chi connectivity index (χ2n) is 7.48. The van der Waals surface area contributed by atoms with E-state index in [-0.39, 0.29) is 40.0 Å². The van der Waals surface area contributed by atoms with Gasteiger partial charge in [0.05, 0.1) is 23.8 Å². The Labute approximate surface area is 208 Å². The first-order valence-corrected chi connectivity index (χ1v) is 11.1. The summed E-state index contributed by atoms with van der Waals surface area (Å²) in [6.07, 6.45) is 0.732. The lowest BCUT2D eigenvalue weighted by Gasteiger charge is -2.14. The number of carbonyl (C=O) groups is 2. The summed E-state index contributed by atoms with van der Waals surface area (Å²) in [7, 11) is 1.64. The number of nitriles is 1. The minimum Gasteiger partial charge on any atom is -0.483 e. The molecule has 3 rings (SSSR count). The first-order chi connectivity index (χ1) is 16.3. The molecule has 0 saturated carbocycles. The summed E-state index contributed by atoms with van der Waals surface area (Å²) in [5, 5.41) is 12.6. The fraction of sp³-hybridized carbons (Fsp3) is 0.192. The van der Waals surface area contributed by atoms with Gasteiger partial charge in [0.1, 0.15) is 5.75 Å². The van der Waals surface area contributed by atoms with Crippen LogP contribution >= 0.6 is 23.2 Å². The predicted octanol–water partition coefficient (Wildman–Crippen LogP) is 5.61. The van der Waals surface area contributed by atoms with E-state index < -0.39 is 5.78 Å². The number of benzene rings is 3. The number of halogens is 2. The molecular weight excluding hydrogens is 475 g/mol. The van der Waals surface area contributed by atoms with Gasteiger partial charge in [0.2, 0.25) is 0 Å². The summed E-state index contributed by atoms with van der Waals surface area (Å²) in [5.74, 6) is -0.623. The number of anilines is 1. The fourth-order valence-corrected chi connectivity index (χ4v) is 3.78. The Morgan fingerprint density at radius 1 is 1.06 bits per heavy atom. The third-order valence-corrected chi connectivity index (χ3v) is 5.58. The molecule has 0 saturated heterocycles. The van der Waals surface area contributed by atoms with Gasteiger partial charge in [-0.15, -0.1) is 0 Å². The first-order valence-electron chi connectivity index (χ1n) is 10.4. The van der Waals surface area contributed by atoms with Crippen molar-refractivity contribution in [3.63, 3.8) is 0 Å². The Balaban J connectivity index is 1.76. The van der Waals surface area contributed by atoms with E-state index >= 15 is 0 Å². The van der Waals surface area contributed by atoms with Crippen LogP contribution in [-0.4, -0.2) is 32.0 Å². The molecule has 0 atom stereocenters. The van der Waals surface area contributed by atoms with E-state index in [9.17, 15) is 9.59 Å². The molecule has 8 heteroatoms. The molecule has 3 aromatic rings. The second-order valence-corrected chi connectivity index (χ2v) is 8.35. The number of carbonyl (C=O) groups excluding carboxylic acids is 2. The van der Waals surface area contributed by atoms with Crippen LogP contribution in [0.4, 0.5) is 5.69 Å². The van der Waals surface area contributed by atoms with Crippen LogP contribution in [0.3, 0.4) is 0 Å². The van der Waals surface area contributed by atoms with Crippen LogP contribution in [0.15, 0.2) is 54.6 Å².